The Morgan fingerprint density at radius 1 is 1.12 bits per heavy atom. The minimum absolute atomic E-state index is 0.686. The number of para-hydroxylation sites is 1. The average Bonchev–Trinajstić information content (AvgIpc) is 3.26. The fourth-order valence-corrected chi connectivity index (χ4v) is 3.71. The molecule has 1 atom stereocenters. The molecule has 4 rings (SSSR count). The third-order valence-corrected chi connectivity index (χ3v) is 5.05. The number of benzene rings is 1. The first-order chi connectivity index (χ1) is 12.3. The van der Waals surface area contributed by atoms with E-state index in [2.05, 4.69) is 45.9 Å². The number of rotatable bonds is 5. The zero-order chi connectivity index (χ0) is 17.1. The molecule has 0 spiro atoms. The lowest BCUT2D eigenvalue weighted by molar-refractivity contribution is 0.163. The lowest BCUT2D eigenvalue weighted by atomic mass is 9.94. The van der Waals surface area contributed by atoms with Crippen LogP contribution >= 0.6 is 0 Å². The second kappa shape index (κ2) is 7.23. The molecule has 0 amide bonds. The molecule has 5 heteroatoms. The van der Waals surface area contributed by atoms with Gasteiger partial charge in [0.25, 0.3) is 0 Å². The molecule has 1 aliphatic heterocycles. The molecule has 1 aromatic carbocycles. The van der Waals surface area contributed by atoms with Gasteiger partial charge in [0, 0.05) is 45.1 Å². The van der Waals surface area contributed by atoms with Gasteiger partial charge in [-0.2, -0.15) is 5.10 Å². The van der Waals surface area contributed by atoms with Crippen molar-refractivity contribution in [3.63, 3.8) is 0 Å². The summed E-state index contributed by atoms with van der Waals surface area (Å²) in [5.41, 5.74) is 2.25. The summed E-state index contributed by atoms with van der Waals surface area (Å²) in [7, 11) is 2.08. The fraction of sp³-hybridized carbons (Fsp3) is 0.400. The highest BCUT2D eigenvalue weighted by Gasteiger charge is 2.22. The van der Waals surface area contributed by atoms with E-state index in [1.54, 1.807) is 0 Å². The highest BCUT2D eigenvalue weighted by molar-refractivity contribution is 5.30. The largest absolute Gasteiger partial charge is 0.338 e. The molecule has 3 heterocycles. The summed E-state index contributed by atoms with van der Waals surface area (Å²) in [6.45, 7) is 3.22. The van der Waals surface area contributed by atoms with Crippen molar-refractivity contribution in [2.24, 2.45) is 13.0 Å². The van der Waals surface area contributed by atoms with Crippen LogP contribution in [0.1, 0.15) is 24.4 Å². The maximum atomic E-state index is 4.75. The normalized spacial score (nSPS) is 18.5. The van der Waals surface area contributed by atoms with Gasteiger partial charge in [-0.15, -0.1) is 0 Å². The van der Waals surface area contributed by atoms with Crippen LogP contribution in [0.4, 0.5) is 0 Å². The van der Waals surface area contributed by atoms with Crippen LogP contribution in [-0.2, 0) is 20.0 Å². The summed E-state index contributed by atoms with van der Waals surface area (Å²) in [4.78, 5) is 7.02. The van der Waals surface area contributed by atoms with E-state index in [1.165, 1.54) is 18.7 Å². The van der Waals surface area contributed by atoms with Crippen molar-refractivity contribution < 1.29 is 0 Å². The summed E-state index contributed by atoms with van der Waals surface area (Å²) in [6.07, 6.45) is 9.60. The molecule has 0 radical (unpaired) electrons. The van der Waals surface area contributed by atoms with Crippen LogP contribution in [0, 0.1) is 5.92 Å². The minimum atomic E-state index is 0.686. The van der Waals surface area contributed by atoms with Crippen LogP contribution in [0.2, 0.25) is 0 Å². The van der Waals surface area contributed by atoms with Crippen molar-refractivity contribution in [2.75, 3.05) is 13.1 Å². The Morgan fingerprint density at radius 3 is 2.80 bits per heavy atom. The van der Waals surface area contributed by atoms with E-state index in [0.717, 1.165) is 37.4 Å². The van der Waals surface area contributed by atoms with Gasteiger partial charge in [-0.3, -0.25) is 4.90 Å². The van der Waals surface area contributed by atoms with Crippen LogP contribution in [0.5, 0.6) is 0 Å². The lowest BCUT2D eigenvalue weighted by Crippen LogP contribution is -2.36. The first-order valence-corrected chi connectivity index (χ1v) is 9.06. The third-order valence-electron chi connectivity index (χ3n) is 5.05. The molecule has 25 heavy (non-hydrogen) atoms. The molecule has 0 N–H and O–H groups in total. The van der Waals surface area contributed by atoms with Crippen LogP contribution in [0.15, 0.2) is 55.0 Å². The zero-order valence-electron chi connectivity index (χ0n) is 14.8. The molecule has 1 fully saturated rings. The number of hydrogen-bond donors (Lipinski definition) is 0. The van der Waals surface area contributed by atoms with E-state index in [0.29, 0.717) is 5.92 Å². The number of nitrogens with zero attached hydrogens (tertiary/aromatic N) is 5. The van der Waals surface area contributed by atoms with Crippen LogP contribution < -0.4 is 0 Å². The monoisotopic (exact) mass is 335 g/mol. The molecule has 1 aliphatic rings. The van der Waals surface area contributed by atoms with Gasteiger partial charge in [-0.05, 0) is 43.5 Å². The van der Waals surface area contributed by atoms with E-state index in [4.69, 9.17) is 5.10 Å². The summed E-state index contributed by atoms with van der Waals surface area (Å²) >= 11 is 0. The molecular formula is C20H25N5. The van der Waals surface area contributed by atoms with Gasteiger partial charge in [-0.1, -0.05) is 18.2 Å². The Kier molecular flexibility index (Phi) is 4.65. The summed E-state index contributed by atoms with van der Waals surface area (Å²) in [5, 5.41) is 4.75. The molecule has 5 nitrogen and oxygen atoms in total. The van der Waals surface area contributed by atoms with Crippen LogP contribution in [0.3, 0.4) is 0 Å². The SMILES string of the molecule is Cn1ccnc1CC1CCCN(Cc2ccn(-c3ccccc3)n2)C1. The number of piperidine rings is 1. The number of hydrogen-bond acceptors (Lipinski definition) is 3. The second-order valence-electron chi connectivity index (χ2n) is 6.99. The molecule has 0 bridgehead atoms. The van der Waals surface area contributed by atoms with Gasteiger partial charge in [0.15, 0.2) is 0 Å². The third kappa shape index (κ3) is 3.82. The van der Waals surface area contributed by atoms with E-state index >= 15 is 0 Å². The Bertz CT molecular complexity index is 804. The van der Waals surface area contributed by atoms with E-state index in [9.17, 15) is 0 Å². The zero-order valence-corrected chi connectivity index (χ0v) is 14.8. The van der Waals surface area contributed by atoms with Crippen molar-refractivity contribution in [1.82, 2.24) is 24.2 Å². The van der Waals surface area contributed by atoms with Crippen LogP contribution in [-0.4, -0.2) is 37.3 Å². The molecule has 130 valence electrons. The van der Waals surface area contributed by atoms with Gasteiger partial charge >= 0.3 is 0 Å². The fourth-order valence-electron chi connectivity index (χ4n) is 3.71. The summed E-state index contributed by atoms with van der Waals surface area (Å²) in [6, 6.07) is 12.4. The van der Waals surface area contributed by atoms with E-state index < -0.39 is 0 Å². The standard InChI is InChI=1S/C20H25N5/c1-23-13-10-21-20(23)14-17-6-5-11-24(15-17)16-18-9-12-25(22-18)19-7-3-2-4-8-19/h2-4,7-10,12-13,17H,5-6,11,14-16H2,1H3. The molecule has 1 saturated heterocycles. The average molecular weight is 335 g/mol. The quantitative estimate of drug-likeness (QED) is 0.719. The van der Waals surface area contributed by atoms with Gasteiger partial charge in [-0.25, -0.2) is 9.67 Å². The molecule has 0 saturated carbocycles. The Labute approximate surface area is 148 Å². The molecule has 0 aliphatic carbocycles. The molecular weight excluding hydrogens is 310 g/mol. The van der Waals surface area contributed by atoms with E-state index in [-0.39, 0.29) is 0 Å². The highest BCUT2D eigenvalue weighted by atomic mass is 15.3. The van der Waals surface area contributed by atoms with Crippen molar-refractivity contribution >= 4 is 0 Å². The minimum Gasteiger partial charge on any atom is -0.338 e. The highest BCUT2D eigenvalue weighted by Crippen LogP contribution is 2.21. The van der Waals surface area contributed by atoms with Crippen molar-refractivity contribution in [2.45, 2.75) is 25.8 Å². The summed E-state index contributed by atoms with van der Waals surface area (Å²) in [5.74, 6) is 1.88. The predicted octanol–water partition coefficient (Wildman–Crippen LogP) is 3.06. The maximum absolute atomic E-state index is 4.75. The van der Waals surface area contributed by atoms with Crippen LogP contribution in [0.25, 0.3) is 5.69 Å². The first-order valence-electron chi connectivity index (χ1n) is 9.06. The van der Waals surface area contributed by atoms with Crippen molar-refractivity contribution in [1.29, 1.82) is 0 Å². The van der Waals surface area contributed by atoms with Gasteiger partial charge in [0.1, 0.15) is 5.82 Å². The maximum Gasteiger partial charge on any atom is 0.108 e. The number of aryl methyl sites for hydroxylation is 1. The lowest BCUT2D eigenvalue weighted by Gasteiger charge is -2.32. The van der Waals surface area contributed by atoms with Crippen molar-refractivity contribution in [3.8, 4) is 5.69 Å². The Morgan fingerprint density at radius 2 is 2.00 bits per heavy atom. The first kappa shape index (κ1) is 16.1. The smallest absolute Gasteiger partial charge is 0.108 e. The molecule has 1 unspecified atom stereocenters. The molecule has 2 aromatic heterocycles. The Balaban J connectivity index is 1.38. The van der Waals surface area contributed by atoms with Gasteiger partial charge in [0.05, 0.1) is 11.4 Å². The topological polar surface area (TPSA) is 38.9 Å². The van der Waals surface area contributed by atoms with Crippen molar-refractivity contribution in [3.05, 3.63) is 66.5 Å². The predicted molar refractivity (Wildman–Crippen MR) is 98.5 cm³/mol. The second-order valence-corrected chi connectivity index (χ2v) is 6.99. The van der Waals surface area contributed by atoms with Gasteiger partial charge < -0.3 is 4.57 Å². The van der Waals surface area contributed by atoms with Gasteiger partial charge in [0.2, 0.25) is 0 Å². The summed E-state index contributed by atoms with van der Waals surface area (Å²) < 4.78 is 4.10. The number of aromatic nitrogens is 4. The number of likely N-dealkylation sites (tertiary alicyclic amines) is 1. The van der Waals surface area contributed by atoms with E-state index in [1.807, 2.05) is 35.3 Å². The molecule has 3 aromatic rings. The Hall–Kier alpha value is -2.40. The number of imidazole rings is 1.